The predicted molar refractivity (Wildman–Crippen MR) is 99.2 cm³/mol. The monoisotopic (exact) mass is 351 g/mol. The highest BCUT2D eigenvalue weighted by Crippen LogP contribution is 2.51. The second-order valence-electron chi connectivity index (χ2n) is 7.67. The van der Waals surface area contributed by atoms with Gasteiger partial charge in [0.2, 0.25) is 0 Å². The molecular weight excluding hydrogens is 329 g/mol. The first kappa shape index (κ1) is 16.8. The molecule has 1 aromatic carbocycles. The first-order valence-corrected chi connectivity index (χ1v) is 8.92. The largest absolute Gasteiger partial charge is 0.347 e. The quantitative estimate of drug-likeness (QED) is 0.863. The van der Waals surface area contributed by atoms with Gasteiger partial charge in [0, 0.05) is 23.2 Å². The van der Waals surface area contributed by atoms with Crippen LogP contribution in [0.25, 0.3) is 0 Å². The van der Waals surface area contributed by atoms with Gasteiger partial charge in [-0.2, -0.15) is 0 Å². The predicted octanol–water partition coefficient (Wildman–Crippen LogP) is 3.89. The number of hydrogen-bond donors (Lipinski definition) is 2. The van der Waals surface area contributed by atoms with Crippen molar-refractivity contribution in [2.45, 2.75) is 44.6 Å². The minimum Gasteiger partial charge on any atom is -0.347 e. The van der Waals surface area contributed by atoms with Crippen molar-refractivity contribution in [3.63, 3.8) is 0 Å². The van der Waals surface area contributed by atoms with Crippen molar-refractivity contribution in [2.75, 3.05) is 5.32 Å². The number of fused-ring (bicyclic) bond motifs is 1. The summed E-state index contributed by atoms with van der Waals surface area (Å²) in [6.07, 6.45) is 2.52. The van der Waals surface area contributed by atoms with Gasteiger partial charge in [-0.25, -0.2) is 9.37 Å². The van der Waals surface area contributed by atoms with E-state index in [1.807, 2.05) is 51.1 Å². The van der Waals surface area contributed by atoms with Crippen LogP contribution >= 0.6 is 0 Å². The number of amides is 1. The number of pyridine rings is 1. The molecular formula is C21H22FN3O. The summed E-state index contributed by atoms with van der Waals surface area (Å²) < 4.78 is 14.1. The number of carbonyl (C=O) groups is 1. The lowest BCUT2D eigenvalue weighted by Gasteiger charge is -2.46. The fraction of sp³-hybridized carbons (Fsp3) is 0.333. The van der Waals surface area contributed by atoms with Crippen molar-refractivity contribution < 1.29 is 9.18 Å². The molecule has 0 saturated heterocycles. The van der Waals surface area contributed by atoms with E-state index in [1.54, 1.807) is 0 Å². The Bertz CT molecular complexity index is 920. The number of nitrogens with one attached hydrogen (secondary N) is 2. The van der Waals surface area contributed by atoms with Gasteiger partial charge in [0.25, 0.3) is 5.91 Å². The van der Waals surface area contributed by atoms with Crippen molar-refractivity contribution in [3.8, 4) is 0 Å². The molecule has 2 aromatic rings. The van der Waals surface area contributed by atoms with Crippen LogP contribution in [0.3, 0.4) is 0 Å². The topological polar surface area (TPSA) is 54.0 Å². The number of anilines is 1. The third kappa shape index (κ3) is 2.34. The molecule has 2 N–H and O–H groups in total. The highest BCUT2D eigenvalue weighted by molar-refractivity contribution is 6.01. The highest BCUT2D eigenvalue weighted by Gasteiger charge is 2.49. The maximum absolute atomic E-state index is 14.1. The van der Waals surface area contributed by atoms with Gasteiger partial charge in [0.1, 0.15) is 11.6 Å². The Balaban J connectivity index is 2.06. The van der Waals surface area contributed by atoms with E-state index in [-0.39, 0.29) is 11.4 Å². The summed E-state index contributed by atoms with van der Waals surface area (Å²) in [5.74, 6) is 0.116. The molecule has 0 fully saturated rings. The van der Waals surface area contributed by atoms with E-state index >= 15 is 0 Å². The van der Waals surface area contributed by atoms with Gasteiger partial charge in [-0.1, -0.05) is 37.3 Å². The molecule has 0 bridgehead atoms. The molecule has 1 atom stereocenters. The summed E-state index contributed by atoms with van der Waals surface area (Å²) in [4.78, 5) is 17.5. The Labute approximate surface area is 152 Å². The lowest BCUT2D eigenvalue weighted by atomic mass is 9.63. The van der Waals surface area contributed by atoms with E-state index in [9.17, 15) is 9.18 Å². The smallest absolute Gasteiger partial charge is 0.250 e. The molecule has 3 heterocycles. The maximum atomic E-state index is 14.1. The summed E-state index contributed by atoms with van der Waals surface area (Å²) in [5, 5.41) is 6.42. The number of rotatable bonds is 2. The van der Waals surface area contributed by atoms with Gasteiger partial charge in [-0.15, -0.1) is 0 Å². The van der Waals surface area contributed by atoms with Gasteiger partial charge >= 0.3 is 0 Å². The van der Waals surface area contributed by atoms with Crippen LogP contribution in [0.4, 0.5) is 10.2 Å². The molecule has 2 aliphatic rings. The molecule has 0 aliphatic carbocycles. The molecule has 26 heavy (non-hydrogen) atoms. The fourth-order valence-corrected chi connectivity index (χ4v) is 4.38. The van der Waals surface area contributed by atoms with Crippen LogP contribution in [0.1, 0.15) is 44.7 Å². The molecule has 1 aromatic heterocycles. The third-order valence-corrected chi connectivity index (χ3v) is 5.41. The van der Waals surface area contributed by atoms with Gasteiger partial charge in [-0.3, -0.25) is 4.79 Å². The molecule has 2 aliphatic heterocycles. The Morgan fingerprint density at radius 3 is 2.65 bits per heavy atom. The number of carbonyl (C=O) groups excluding carboxylic acids is 1. The van der Waals surface area contributed by atoms with Gasteiger partial charge in [0.15, 0.2) is 0 Å². The molecule has 5 heteroatoms. The Morgan fingerprint density at radius 2 is 1.96 bits per heavy atom. The normalized spacial score (nSPS) is 23.6. The van der Waals surface area contributed by atoms with Crippen LogP contribution in [0.15, 0.2) is 53.9 Å². The van der Waals surface area contributed by atoms with E-state index in [2.05, 4.69) is 15.6 Å². The minimum absolute atomic E-state index is 0.107. The molecule has 0 radical (unpaired) electrons. The molecule has 4 nitrogen and oxygen atoms in total. The van der Waals surface area contributed by atoms with E-state index in [4.69, 9.17) is 0 Å². The third-order valence-electron chi connectivity index (χ3n) is 5.41. The number of hydrogen-bond acceptors (Lipinski definition) is 3. The summed E-state index contributed by atoms with van der Waals surface area (Å²) >= 11 is 0. The number of nitrogens with zero attached hydrogens (tertiary/aromatic N) is 1. The average molecular weight is 351 g/mol. The van der Waals surface area contributed by atoms with Crippen LogP contribution in [0.2, 0.25) is 0 Å². The lowest BCUT2D eigenvalue weighted by Crippen LogP contribution is -2.54. The Hall–Kier alpha value is -2.69. The first-order chi connectivity index (χ1) is 12.4. The number of aromatic nitrogens is 1. The first-order valence-electron chi connectivity index (χ1n) is 8.92. The molecule has 0 unspecified atom stereocenters. The van der Waals surface area contributed by atoms with Gasteiger partial charge in [-0.05, 0) is 31.9 Å². The van der Waals surface area contributed by atoms with Crippen LogP contribution in [0.5, 0.6) is 0 Å². The van der Waals surface area contributed by atoms with Crippen LogP contribution in [-0.2, 0) is 10.2 Å². The zero-order valence-electron chi connectivity index (χ0n) is 15.2. The van der Waals surface area contributed by atoms with Crippen LogP contribution in [-0.4, -0.2) is 16.4 Å². The van der Waals surface area contributed by atoms with Crippen molar-refractivity contribution in [1.29, 1.82) is 0 Å². The summed E-state index contributed by atoms with van der Waals surface area (Å²) in [6, 6.07) is 11.3. The van der Waals surface area contributed by atoms with Crippen molar-refractivity contribution in [3.05, 3.63) is 70.8 Å². The zero-order valence-corrected chi connectivity index (χ0v) is 15.2. The van der Waals surface area contributed by atoms with Crippen molar-refractivity contribution in [1.82, 2.24) is 10.3 Å². The molecule has 134 valence electrons. The van der Waals surface area contributed by atoms with Crippen molar-refractivity contribution in [2.24, 2.45) is 0 Å². The fourth-order valence-electron chi connectivity index (χ4n) is 4.38. The number of benzene rings is 1. The van der Waals surface area contributed by atoms with Crippen LogP contribution < -0.4 is 10.6 Å². The van der Waals surface area contributed by atoms with Crippen molar-refractivity contribution >= 4 is 11.7 Å². The zero-order chi connectivity index (χ0) is 18.5. The van der Waals surface area contributed by atoms with E-state index in [0.29, 0.717) is 29.8 Å². The molecule has 0 spiro atoms. The van der Waals surface area contributed by atoms with Gasteiger partial charge < -0.3 is 10.6 Å². The minimum atomic E-state index is -0.729. The molecule has 4 rings (SSSR count). The maximum Gasteiger partial charge on any atom is 0.250 e. The van der Waals surface area contributed by atoms with E-state index in [0.717, 1.165) is 11.3 Å². The van der Waals surface area contributed by atoms with Crippen LogP contribution in [0, 0.1) is 5.82 Å². The summed E-state index contributed by atoms with van der Waals surface area (Å²) in [7, 11) is 0. The van der Waals surface area contributed by atoms with E-state index in [1.165, 1.54) is 12.3 Å². The highest BCUT2D eigenvalue weighted by atomic mass is 19.1. The second kappa shape index (κ2) is 5.66. The molecule has 0 saturated carbocycles. The number of halogens is 1. The standard InChI is InChI=1S/C21H22FN3O/c1-4-21(13-8-6-5-7-9-13)15-10-14(22)12-23-18(15)24-16-11-20(2,3)25-19(26)17(16)21/h5-10,12H,4,11H2,1-3H3,(H,23,24)(H,25,26)/t21-/m0/s1. The SMILES string of the molecule is CC[C@@]1(c2ccccc2)C2=C(CC(C)(C)NC2=O)Nc2ncc(F)cc21. The summed E-state index contributed by atoms with van der Waals surface area (Å²) in [6.45, 7) is 6.03. The Kier molecular flexibility index (Phi) is 3.65. The van der Waals surface area contributed by atoms with E-state index < -0.39 is 11.2 Å². The van der Waals surface area contributed by atoms with Gasteiger partial charge in [0.05, 0.1) is 17.2 Å². The lowest BCUT2D eigenvalue weighted by molar-refractivity contribution is -0.120. The summed E-state index contributed by atoms with van der Waals surface area (Å²) in [5.41, 5.74) is 2.14. The molecule has 1 amide bonds. The second-order valence-corrected chi connectivity index (χ2v) is 7.67. The Morgan fingerprint density at radius 1 is 1.23 bits per heavy atom. The average Bonchev–Trinajstić information content (AvgIpc) is 2.60.